The van der Waals surface area contributed by atoms with Crippen LogP contribution in [0, 0.1) is 0 Å². The number of anilines is 1. The van der Waals surface area contributed by atoms with Crippen LogP contribution in [0.25, 0.3) is 0 Å². The normalized spacial score (nSPS) is 14.0. The second-order valence-electron chi connectivity index (χ2n) is 6.21. The van der Waals surface area contributed by atoms with E-state index in [4.69, 9.17) is 21.4 Å². The molecule has 0 spiro atoms. The predicted octanol–water partition coefficient (Wildman–Crippen LogP) is 1.44. The number of benzene rings is 1. The average molecular weight is 407 g/mol. The van der Waals surface area contributed by atoms with Crippen molar-refractivity contribution in [3.05, 3.63) is 57.5 Å². The summed E-state index contributed by atoms with van der Waals surface area (Å²) in [5.74, 6) is -1.18. The monoisotopic (exact) mass is 406 g/mol. The number of rotatable bonds is 5. The van der Waals surface area contributed by atoms with Crippen molar-refractivity contribution in [3.63, 3.8) is 0 Å². The van der Waals surface area contributed by atoms with E-state index in [1.54, 1.807) is 4.90 Å². The number of hydrogen-bond acceptors (Lipinski definition) is 6. The van der Waals surface area contributed by atoms with Crippen LogP contribution in [-0.4, -0.2) is 58.0 Å². The van der Waals surface area contributed by atoms with Crippen LogP contribution >= 0.6 is 11.6 Å². The Balaban J connectivity index is 1.58. The number of aliphatic carboxylic acids is 1. The number of hydrogen-bond donors (Lipinski definition) is 1. The number of carbonyl (C=O) groups is 2. The van der Waals surface area contributed by atoms with E-state index >= 15 is 0 Å². The van der Waals surface area contributed by atoms with Crippen LogP contribution in [0.4, 0.5) is 10.5 Å². The van der Waals surface area contributed by atoms with Gasteiger partial charge in [-0.15, -0.1) is 0 Å². The summed E-state index contributed by atoms with van der Waals surface area (Å²) in [5.41, 5.74) is 0.672. The van der Waals surface area contributed by atoms with Crippen LogP contribution in [0.5, 0.6) is 0 Å². The third kappa shape index (κ3) is 4.61. The molecule has 28 heavy (non-hydrogen) atoms. The molecule has 10 heteroatoms. The molecule has 1 aliphatic rings. The number of amides is 1. The number of ether oxygens (including phenoxy) is 1. The Labute approximate surface area is 165 Å². The molecule has 1 aromatic heterocycles. The van der Waals surface area contributed by atoms with Gasteiger partial charge in [-0.2, -0.15) is 5.10 Å². The molecule has 148 valence electrons. The number of carbonyl (C=O) groups excluding carboxylic acids is 1. The van der Waals surface area contributed by atoms with Crippen LogP contribution in [0.1, 0.15) is 5.56 Å². The van der Waals surface area contributed by atoms with Gasteiger partial charge in [0.2, 0.25) is 0 Å². The van der Waals surface area contributed by atoms with E-state index in [2.05, 4.69) is 5.10 Å². The number of nitrogens with zero attached hydrogens (tertiary/aromatic N) is 4. The Morgan fingerprint density at radius 2 is 1.82 bits per heavy atom. The van der Waals surface area contributed by atoms with Gasteiger partial charge in [0.15, 0.2) is 0 Å². The highest BCUT2D eigenvalue weighted by atomic mass is 35.5. The van der Waals surface area contributed by atoms with E-state index < -0.39 is 24.2 Å². The Morgan fingerprint density at radius 3 is 2.46 bits per heavy atom. The smallest absolute Gasteiger partial charge is 0.410 e. The van der Waals surface area contributed by atoms with Crippen molar-refractivity contribution in [1.82, 2.24) is 14.7 Å². The summed E-state index contributed by atoms with van der Waals surface area (Å²) in [7, 11) is 0. The van der Waals surface area contributed by atoms with E-state index in [1.807, 2.05) is 35.2 Å². The second-order valence-corrected chi connectivity index (χ2v) is 6.59. The molecule has 3 rings (SSSR count). The molecule has 2 heterocycles. The minimum Gasteiger partial charge on any atom is -0.480 e. The first kappa shape index (κ1) is 19.7. The Hall–Kier alpha value is -3.07. The van der Waals surface area contributed by atoms with Gasteiger partial charge in [0.25, 0.3) is 5.56 Å². The number of carboxylic acids is 1. The highest BCUT2D eigenvalue weighted by Gasteiger charge is 2.25. The molecule has 1 saturated heterocycles. The molecule has 9 nitrogen and oxygen atoms in total. The van der Waals surface area contributed by atoms with Crippen molar-refractivity contribution < 1.29 is 19.4 Å². The van der Waals surface area contributed by atoms with Crippen molar-refractivity contribution in [2.45, 2.75) is 13.2 Å². The lowest BCUT2D eigenvalue weighted by Gasteiger charge is -2.35. The zero-order valence-electron chi connectivity index (χ0n) is 15.0. The fraction of sp³-hybridized carbons (Fsp3) is 0.333. The molecule has 0 aliphatic carbocycles. The first-order chi connectivity index (χ1) is 13.5. The summed E-state index contributed by atoms with van der Waals surface area (Å²) in [5, 5.41) is 12.6. The summed E-state index contributed by atoms with van der Waals surface area (Å²) < 4.78 is 6.12. The predicted molar refractivity (Wildman–Crippen MR) is 102 cm³/mol. The van der Waals surface area contributed by atoms with Gasteiger partial charge >= 0.3 is 12.1 Å². The van der Waals surface area contributed by atoms with Crippen molar-refractivity contribution >= 4 is 29.4 Å². The number of carboxylic acid groups (broad SMARTS) is 1. The van der Waals surface area contributed by atoms with Gasteiger partial charge in [-0.25, -0.2) is 9.48 Å². The van der Waals surface area contributed by atoms with Crippen LogP contribution < -0.4 is 10.5 Å². The van der Waals surface area contributed by atoms with Crippen LogP contribution in [0.15, 0.2) is 41.3 Å². The number of halogens is 1. The maximum atomic E-state index is 12.2. The molecule has 0 saturated carbocycles. The topological polar surface area (TPSA) is 105 Å². The fourth-order valence-corrected chi connectivity index (χ4v) is 3.12. The van der Waals surface area contributed by atoms with Gasteiger partial charge in [0.1, 0.15) is 18.2 Å². The van der Waals surface area contributed by atoms with Gasteiger partial charge in [-0.05, 0) is 5.56 Å². The Bertz CT molecular complexity index is 910. The van der Waals surface area contributed by atoms with Gasteiger partial charge in [0, 0.05) is 26.2 Å². The van der Waals surface area contributed by atoms with Gasteiger partial charge < -0.3 is 19.6 Å². The van der Waals surface area contributed by atoms with Gasteiger partial charge in [-0.3, -0.25) is 9.59 Å². The highest BCUT2D eigenvalue weighted by Crippen LogP contribution is 2.22. The van der Waals surface area contributed by atoms with Gasteiger partial charge in [0.05, 0.1) is 11.9 Å². The summed E-state index contributed by atoms with van der Waals surface area (Å²) in [6.07, 6.45) is 0.973. The minimum absolute atomic E-state index is 0.0867. The number of aromatic nitrogens is 2. The first-order valence-electron chi connectivity index (χ1n) is 8.63. The summed E-state index contributed by atoms with van der Waals surface area (Å²) in [6.45, 7) is 1.36. The number of piperazine rings is 1. The van der Waals surface area contributed by atoms with Crippen LogP contribution in [-0.2, 0) is 22.7 Å². The molecule has 0 bridgehead atoms. The fourth-order valence-electron chi connectivity index (χ4n) is 2.86. The first-order valence-corrected chi connectivity index (χ1v) is 9.01. The van der Waals surface area contributed by atoms with Crippen molar-refractivity contribution in [2.75, 3.05) is 31.1 Å². The third-order valence-corrected chi connectivity index (χ3v) is 4.69. The highest BCUT2D eigenvalue weighted by molar-refractivity contribution is 6.33. The van der Waals surface area contributed by atoms with Gasteiger partial charge in [-0.1, -0.05) is 41.9 Å². The van der Waals surface area contributed by atoms with Crippen molar-refractivity contribution in [3.8, 4) is 0 Å². The van der Waals surface area contributed by atoms with E-state index in [9.17, 15) is 14.4 Å². The molecule has 1 aliphatic heterocycles. The summed E-state index contributed by atoms with van der Waals surface area (Å²) in [4.78, 5) is 38.6. The molecule has 0 unspecified atom stereocenters. The van der Waals surface area contributed by atoms with E-state index in [0.29, 0.717) is 31.9 Å². The van der Waals surface area contributed by atoms with Crippen LogP contribution in [0.2, 0.25) is 5.02 Å². The molecular formula is C18H19ClN4O5. The summed E-state index contributed by atoms with van der Waals surface area (Å²) >= 11 is 6.12. The molecule has 0 atom stereocenters. The molecular weight excluding hydrogens is 388 g/mol. The van der Waals surface area contributed by atoms with Crippen molar-refractivity contribution in [2.24, 2.45) is 0 Å². The standard InChI is InChI=1S/C18H19ClN4O5/c19-16-14(10-20-23(17(16)26)11-15(24)25)21-6-8-22(9-7-21)18(27)28-12-13-4-2-1-3-5-13/h1-5,10H,6-9,11-12H2,(H,24,25). The molecule has 1 aromatic carbocycles. The maximum absolute atomic E-state index is 12.2. The van der Waals surface area contributed by atoms with E-state index in [1.165, 1.54) is 6.20 Å². The Morgan fingerprint density at radius 1 is 1.14 bits per heavy atom. The quantitative estimate of drug-likeness (QED) is 0.800. The lowest BCUT2D eigenvalue weighted by molar-refractivity contribution is -0.138. The Kier molecular flexibility index (Phi) is 6.15. The van der Waals surface area contributed by atoms with Crippen LogP contribution in [0.3, 0.4) is 0 Å². The zero-order chi connectivity index (χ0) is 20.1. The lowest BCUT2D eigenvalue weighted by Crippen LogP contribution is -2.49. The van der Waals surface area contributed by atoms with E-state index in [-0.39, 0.29) is 11.6 Å². The molecule has 0 radical (unpaired) electrons. The second kappa shape index (κ2) is 8.75. The largest absolute Gasteiger partial charge is 0.480 e. The average Bonchev–Trinajstić information content (AvgIpc) is 2.70. The molecule has 1 N–H and O–H groups in total. The van der Waals surface area contributed by atoms with E-state index in [0.717, 1.165) is 10.2 Å². The molecule has 1 fully saturated rings. The maximum Gasteiger partial charge on any atom is 0.410 e. The molecule has 2 aromatic rings. The molecule has 1 amide bonds. The minimum atomic E-state index is -1.18. The van der Waals surface area contributed by atoms with Crippen molar-refractivity contribution in [1.29, 1.82) is 0 Å². The third-order valence-electron chi connectivity index (χ3n) is 4.34. The lowest BCUT2D eigenvalue weighted by atomic mass is 10.2. The summed E-state index contributed by atoms with van der Waals surface area (Å²) in [6, 6.07) is 9.41. The zero-order valence-corrected chi connectivity index (χ0v) is 15.7. The SMILES string of the molecule is O=C(O)Cn1ncc(N2CCN(C(=O)OCc3ccccc3)CC2)c(Cl)c1=O.